The fourth-order valence-electron chi connectivity index (χ4n) is 6.87. The van der Waals surface area contributed by atoms with Crippen LogP contribution in [0.4, 0.5) is 0 Å². The van der Waals surface area contributed by atoms with Gasteiger partial charge in [0.25, 0.3) is 5.91 Å². The summed E-state index contributed by atoms with van der Waals surface area (Å²) < 4.78 is 0. The molecule has 1 aliphatic rings. The number of nitrogens with one attached hydrogen (secondary N) is 7. The average Bonchev–Trinajstić information content (AvgIpc) is 3.35. The van der Waals surface area contributed by atoms with Crippen LogP contribution in [0.5, 0.6) is 0 Å². The molecule has 0 aromatic carbocycles. The minimum atomic E-state index is -2.04. The summed E-state index contributed by atoms with van der Waals surface area (Å²) in [6.07, 6.45) is 12.2. The summed E-state index contributed by atoms with van der Waals surface area (Å²) in [7, 11) is 0. The smallest absolute Gasteiger partial charge is 0.326 e. The Balaban J connectivity index is 3.00. The molecule has 0 bridgehead atoms. The lowest BCUT2D eigenvalue weighted by atomic mass is 10.1. The lowest BCUT2D eigenvalue weighted by molar-refractivity contribution is -0.163. The first-order valence-electron chi connectivity index (χ1n) is 23.6. The molecule has 13 N–H and O–H groups in total. The fraction of sp³-hybridized carbons (Fsp3) is 0.727. The van der Waals surface area contributed by atoms with Gasteiger partial charge in [0, 0.05) is 39.9 Å². The topological polar surface area (TPSA) is 383 Å². The number of hydrogen-bond acceptors (Lipinski definition) is 15. The molecule has 1 heterocycles. The highest BCUT2D eigenvalue weighted by Crippen LogP contribution is 2.11. The molecule has 1 fully saturated rings. The highest BCUT2D eigenvalue weighted by molar-refractivity contribution is 5.99. The van der Waals surface area contributed by atoms with Crippen molar-refractivity contribution in [3.05, 3.63) is 12.2 Å². The van der Waals surface area contributed by atoms with E-state index < -0.39 is 115 Å². The van der Waals surface area contributed by atoms with E-state index >= 15 is 0 Å². The molecular formula is C44H75N9O16. The maximum absolute atomic E-state index is 13.5. The molecule has 1 aliphatic heterocycles. The molecule has 0 radical (unpaired) electrons. The minimum Gasteiger partial charge on any atom is -0.480 e. The highest BCUT2D eigenvalue weighted by atomic mass is 16.5. The van der Waals surface area contributed by atoms with Gasteiger partial charge in [0.05, 0.1) is 13.2 Å². The Bertz CT molecular complexity index is 1720. The zero-order valence-corrected chi connectivity index (χ0v) is 39.9. The van der Waals surface area contributed by atoms with Crippen molar-refractivity contribution in [2.45, 2.75) is 172 Å². The van der Waals surface area contributed by atoms with Gasteiger partial charge in [-0.1, -0.05) is 57.6 Å². The van der Waals surface area contributed by atoms with Crippen molar-refractivity contribution < 1.29 is 78.8 Å². The Hall–Kier alpha value is -5.76. The van der Waals surface area contributed by atoms with E-state index in [1.54, 1.807) is 0 Å². The molecule has 0 aromatic heterocycles. The second-order valence-electron chi connectivity index (χ2n) is 16.8. The highest BCUT2D eigenvalue weighted by Gasteiger charge is 2.38. The molecule has 0 spiro atoms. The van der Waals surface area contributed by atoms with E-state index in [-0.39, 0.29) is 58.2 Å². The van der Waals surface area contributed by atoms with Crippen LogP contribution in [0.2, 0.25) is 0 Å². The van der Waals surface area contributed by atoms with Gasteiger partial charge in [-0.2, -0.15) is 0 Å². The number of aliphatic carboxylic acids is 1. The number of unbranched alkanes of at least 4 members (excludes halogenated alkanes) is 9. The molecule has 392 valence electrons. The van der Waals surface area contributed by atoms with Gasteiger partial charge in [-0.05, 0) is 64.2 Å². The van der Waals surface area contributed by atoms with Crippen molar-refractivity contribution in [2.75, 3.05) is 32.8 Å². The van der Waals surface area contributed by atoms with Gasteiger partial charge in [-0.3, -0.25) is 53.6 Å². The first-order valence-corrected chi connectivity index (χ1v) is 23.6. The summed E-state index contributed by atoms with van der Waals surface area (Å²) >= 11 is 0. The number of aliphatic hydroxyl groups excluding tert-OH is 3. The number of hydrogen-bond donors (Lipinski definition) is 13. The van der Waals surface area contributed by atoms with E-state index in [1.807, 2.05) is 0 Å². The van der Waals surface area contributed by atoms with Crippen molar-refractivity contribution in [1.82, 2.24) is 47.3 Å². The normalized spacial score (nSPS) is 17.8. The van der Waals surface area contributed by atoms with Gasteiger partial charge in [-0.25, -0.2) is 14.9 Å². The predicted octanol–water partition coefficient (Wildman–Crippen LogP) is -1.86. The van der Waals surface area contributed by atoms with Crippen molar-refractivity contribution in [2.24, 2.45) is 0 Å². The Morgan fingerprint density at radius 3 is 1.68 bits per heavy atom. The van der Waals surface area contributed by atoms with Gasteiger partial charge < -0.3 is 57.6 Å². The molecule has 69 heavy (non-hydrogen) atoms. The summed E-state index contributed by atoms with van der Waals surface area (Å²) in [5, 5.41) is 76.4. The van der Waals surface area contributed by atoms with Crippen LogP contribution in [-0.4, -0.2) is 175 Å². The predicted molar refractivity (Wildman–Crippen MR) is 244 cm³/mol. The third-order valence-electron chi connectivity index (χ3n) is 11.0. The van der Waals surface area contributed by atoms with Crippen molar-refractivity contribution >= 4 is 59.1 Å². The number of rotatable bonds is 33. The Morgan fingerprint density at radius 2 is 1.14 bits per heavy atom. The maximum atomic E-state index is 13.5. The molecule has 25 nitrogen and oxygen atoms in total. The molecular weight excluding hydrogens is 911 g/mol. The largest absolute Gasteiger partial charge is 0.480 e. The Kier molecular flexibility index (Phi) is 30.6. The molecule has 0 saturated carbocycles. The number of carboxylic acids is 1. The lowest BCUT2D eigenvalue weighted by Gasteiger charge is -2.26. The van der Waals surface area contributed by atoms with Crippen LogP contribution in [0.3, 0.4) is 0 Å². The number of carbonyl (C=O) groups is 10. The number of amides is 9. The second kappa shape index (κ2) is 34.5. The molecule has 25 heteroatoms. The quantitative estimate of drug-likeness (QED) is 0.0148. The zero-order chi connectivity index (χ0) is 51.9. The molecule has 0 aliphatic carbocycles. The van der Waals surface area contributed by atoms with Crippen LogP contribution in [0.25, 0.3) is 0 Å². The SMILES string of the molecule is CCCCCCCC/C=C\CCCCCC(=O)NC1C(=O)NC(C(=O)NC(CO)C(=O)NC(CCCN(O)C(C)=O)C(=O)NC(CO)C(=O)NC(CCCN(O)C(C)=O)C(=O)O)CCNC(=O)C1O. The van der Waals surface area contributed by atoms with Gasteiger partial charge >= 0.3 is 5.97 Å². The average molecular weight is 986 g/mol. The first-order chi connectivity index (χ1) is 32.8. The van der Waals surface area contributed by atoms with Crippen LogP contribution in [0, 0.1) is 0 Å². The van der Waals surface area contributed by atoms with Gasteiger partial charge in [0.1, 0.15) is 36.3 Å². The molecule has 7 unspecified atom stereocenters. The van der Waals surface area contributed by atoms with Crippen LogP contribution < -0.4 is 37.2 Å². The van der Waals surface area contributed by atoms with Crippen molar-refractivity contribution in [1.29, 1.82) is 0 Å². The number of carboxylic acid groups (broad SMARTS) is 1. The monoisotopic (exact) mass is 986 g/mol. The summed E-state index contributed by atoms with van der Waals surface area (Å²) in [4.78, 5) is 127. The second-order valence-corrected chi connectivity index (χ2v) is 16.8. The molecule has 1 saturated heterocycles. The third-order valence-corrected chi connectivity index (χ3v) is 11.0. The first kappa shape index (κ1) is 61.3. The Morgan fingerprint density at radius 1 is 0.667 bits per heavy atom. The number of carbonyl (C=O) groups excluding carboxylic acids is 9. The summed E-state index contributed by atoms with van der Waals surface area (Å²) in [6, 6.07) is -10.2. The number of allylic oxidation sites excluding steroid dienone is 2. The summed E-state index contributed by atoms with van der Waals surface area (Å²) in [5.41, 5.74) is 0. The molecule has 9 amide bonds. The maximum Gasteiger partial charge on any atom is 0.326 e. The van der Waals surface area contributed by atoms with E-state index in [9.17, 15) is 78.8 Å². The summed E-state index contributed by atoms with van der Waals surface area (Å²) in [5.74, 6) is -10.3. The van der Waals surface area contributed by atoms with Crippen LogP contribution in [-0.2, 0) is 47.9 Å². The van der Waals surface area contributed by atoms with E-state index in [2.05, 4.69) is 56.3 Å². The lowest BCUT2D eigenvalue weighted by Crippen LogP contribution is -2.61. The van der Waals surface area contributed by atoms with Gasteiger partial charge in [0.15, 0.2) is 6.10 Å². The van der Waals surface area contributed by atoms with E-state index in [0.717, 1.165) is 39.5 Å². The van der Waals surface area contributed by atoms with Crippen LogP contribution in [0.15, 0.2) is 12.2 Å². The standard InChI is InChI=1S/C44H75N9O16/c1-4-5-6-7-8-9-10-11-12-13-14-15-16-21-35(58)51-36-37(59)43(65)45-23-22-31(47-42(36)64)39(61)50-33(26-54)40(62)46-30(19-17-24-52(68)28(2)56)38(60)49-34(27-55)41(63)48-32(44(66)67)20-18-25-53(69)29(3)57/h11-12,30-34,36-37,54-55,59,68-69H,4-10,13-27H2,1-3H3,(H,45,65)(H,46,62)(H,47,64)(H,48,63)(H,49,60)(H,50,61)(H,51,58)(H,66,67)/b12-11-. The van der Waals surface area contributed by atoms with Crippen LogP contribution in [0.1, 0.15) is 130 Å². The van der Waals surface area contributed by atoms with Crippen molar-refractivity contribution in [3.8, 4) is 0 Å². The number of nitrogens with zero attached hydrogens (tertiary/aromatic N) is 2. The minimum absolute atomic E-state index is 0.0148. The fourth-order valence-corrected chi connectivity index (χ4v) is 6.87. The number of hydroxylamine groups is 4. The van der Waals surface area contributed by atoms with E-state index in [0.29, 0.717) is 23.0 Å². The zero-order valence-electron chi connectivity index (χ0n) is 39.9. The Labute approximate surface area is 401 Å². The molecule has 0 aromatic rings. The third kappa shape index (κ3) is 24.9. The van der Waals surface area contributed by atoms with E-state index in [1.165, 1.54) is 32.1 Å². The molecule has 1 rings (SSSR count). The molecule has 7 atom stereocenters. The van der Waals surface area contributed by atoms with E-state index in [4.69, 9.17) is 0 Å². The van der Waals surface area contributed by atoms with Gasteiger partial charge in [-0.15, -0.1) is 0 Å². The van der Waals surface area contributed by atoms with Gasteiger partial charge in [0.2, 0.25) is 47.3 Å². The summed E-state index contributed by atoms with van der Waals surface area (Å²) in [6.45, 7) is 1.26. The number of aliphatic hydroxyl groups is 3. The van der Waals surface area contributed by atoms with Crippen molar-refractivity contribution in [3.63, 3.8) is 0 Å². The van der Waals surface area contributed by atoms with Crippen LogP contribution >= 0.6 is 0 Å².